The smallest absolute Gasteiger partial charge is 0.315 e. The Hall–Kier alpha value is -0.940. The van der Waals surface area contributed by atoms with Gasteiger partial charge in [0, 0.05) is 17.9 Å². The molecule has 0 amide bonds. The summed E-state index contributed by atoms with van der Waals surface area (Å²) >= 11 is 1.76. The summed E-state index contributed by atoms with van der Waals surface area (Å²) in [5.74, 6) is -0.254. The van der Waals surface area contributed by atoms with Crippen molar-refractivity contribution in [1.82, 2.24) is 4.98 Å². The van der Waals surface area contributed by atoms with Gasteiger partial charge in [-0.15, -0.1) is 11.3 Å². The summed E-state index contributed by atoms with van der Waals surface area (Å²) < 4.78 is 10.9. The van der Waals surface area contributed by atoms with E-state index in [0.29, 0.717) is 12.7 Å². The van der Waals surface area contributed by atoms with Crippen molar-refractivity contribution in [3.8, 4) is 0 Å². The van der Waals surface area contributed by atoms with Crippen LogP contribution in [0.1, 0.15) is 54.1 Å². The first-order valence-corrected chi connectivity index (χ1v) is 8.36. The van der Waals surface area contributed by atoms with Crippen molar-refractivity contribution in [2.45, 2.75) is 57.5 Å². The van der Waals surface area contributed by atoms with E-state index in [1.807, 2.05) is 6.92 Å². The maximum atomic E-state index is 12.0. The molecule has 1 saturated heterocycles. The van der Waals surface area contributed by atoms with E-state index in [-0.39, 0.29) is 11.9 Å². The SMILES string of the molecule is CCOC(=O)C1CCCc2sc(CC3CCCO3)nc21. The molecule has 4 nitrogen and oxygen atoms in total. The lowest BCUT2D eigenvalue weighted by Crippen LogP contribution is -2.20. The Morgan fingerprint density at radius 2 is 2.35 bits per heavy atom. The number of carbonyl (C=O) groups excluding carboxylic acids is 1. The lowest BCUT2D eigenvalue weighted by Gasteiger charge is -2.19. The summed E-state index contributed by atoms with van der Waals surface area (Å²) in [5, 5.41) is 1.12. The minimum Gasteiger partial charge on any atom is -0.465 e. The van der Waals surface area contributed by atoms with Crippen LogP contribution in [0.25, 0.3) is 0 Å². The number of carbonyl (C=O) groups is 1. The molecule has 2 unspecified atom stereocenters. The highest BCUT2D eigenvalue weighted by Gasteiger charge is 2.31. The van der Waals surface area contributed by atoms with E-state index in [4.69, 9.17) is 14.5 Å². The molecule has 1 aliphatic carbocycles. The lowest BCUT2D eigenvalue weighted by molar-refractivity contribution is -0.145. The highest BCUT2D eigenvalue weighted by molar-refractivity contribution is 7.11. The van der Waals surface area contributed by atoms with Gasteiger partial charge in [-0.1, -0.05) is 0 Å². The summed E-state index contributed by atoms with van der Waals surface area (Å²) in [6, 6.07) is 0. The molecular weight excluding hydrogens is 274 g/mol. The molecule has 0 radical (unpaired) electrons. The number of thiazole rings is 1. The number of hydrogen-bond donors (Lipinski definition) is 0. The molecule has 1 aromatic rings. The quantitative estimate of drug-likeness (QED) is 0.801. The minimum absolute atomic E-state index is 0.109. The molecule has 0 saturated carbocycles. The van der Waals surface area contributed by atoms with Crippen LogP contribution in [0.15, 0.2) is 0 Å². The van der Waals surface area contributed by atoms with Crippen molar-refractivity contribution in [1.29, 1.82) is 0 Å². The fraction of sp³-hybridized carbons (Fsp3) is 0.733. The Balaban J connectivity index is 1.75. The topological polar surface area (TPSA) is 48.4 Å². The number of ether oxygens (including phenoxy) is 2. The molecule has 1 aliphatic heterocycles. The summed E-state index contributed by atoms with van der Waals surface area (Å²) in [5.41, 5.74) is 0.979. The zero-order valence-electron chi connectivity index (χ0n) is 11.9. The van der Waals surface area contributed by atoms with Gasteiger partial charge < -0.3 is 9.47 Å². The van der Waals surface area contributed by atoms with Gasteiger partial charge in [0.25, 0.3) is 0 Å². The van der Waals surface area contributed by atoms with Crippen LogP contribution in [0, 0.1) is 0 Å². The van der Waals surface area contributed by atoms with Crippen LogP contribution >= 0.6 is 11.3 Å². The third kappa shape index (κ3) is 2.88. The molecular formula is C15H21NO3S. The van der Waals surface area contributed by atoms with Gasteiger partial charge in [0.2, 0.25) is 0 Å². The van der Waals surface area contributed by atoms with Crippen molar-refractivity contribution in [3.63, 3.8) is 0 Å². The Kier molecular flexibility index (Phi) is 4.36. The van der Waals surface area contributed by atoms with Crippen LogP contribution < -0.4 is 0 Å². The number of fused-ring (bicyclic) bond motifs is 1. The molecule has 110 valence electrons. The first-order valence-electron chi connectivity index (χ1n) is 7.54. The Bertz CT molecular complexity index is 479. The molecule has 2 aliphatic rings. The van der Waals surface area contributed by atoms with E-state index in [9.17, 15) is 4.79 Å². The van der Waals surface area contributed by atoms with Gasteiger partial charge in [-0.2, -0.15) is 0 Å². The van der Waals surface area contributed by atoms with Gasteiger partial charge in [0.15, 0.2) is 0 Å². The second kappa shape index (κ2) is 6.22. The first kappa shape index (κ1) is 14.0. The highest BCUT2D eigenvalue weighted by atomic mass is 32.1. The lowest BCUT2D eigenvalue weighted by atomic mass is 9.91. The number of esters is 1. The fourth-order valence-electron chi connectivity index (χ4n) is 3.03. The van der Waals surface area contributed by atoms with Crippen LogP contribution in [-0.4, -0.2) is 30.3 Å². The zero-order chi connectivity index (χ0) is 13.9. The van der Waals surface area contributed by atoms with Crippen molar-refractivity contribution in [2.24, 2.45) is 0 Å². The van der Waals surface area contributed by atoms with Crippen LogP contribution in [0.3, 0.4) is 0 Å². The Morgan fingerprint density at radius 3 is 3.10 bits per heavy atom. The number of nitrogens with zero attached hydrogens (tertiary/aromatic N) is 1. The van der Waals surface area contributed by atoms with Crippen LogP contribution in [0.2, 0.25) is 0 Å². The van der Waals surface area contributed by atoms with Crippen LogP contribution in [0.4, 0.5) is 0 Å². The van der Waals surface area contributed by atoms with E-state index in [0.717, 1.165) is 55.8 Å². The molecule has 0 aromatic carbocycles. The highest BCUT2D eigenvalue weighted by Crippen LogP contribution is 2.36. The van der Waals surface area contributed by atoms with E-state index in [1.165, 1.54) is 4.88 Å². The van der Waals surface area contributed by atoms with Gasteiger partial charge >= 0.3 is 5.97 Å². The molecule has 0 spiro atoms. The molecule has 0 bridgehead atoms. The van der Waals surface area contributed by atoms with Gasteiger partial charge in [-0.05, 0) is 39.0 Å². The van der Waals surface area contributed by atoms with Crippen molar-refractivity contribution in [3.05, 3.63) is 15.6 Å². The van der Waals surface area contributed by atoms with E-state index >= 15 is 0 Å². The predicted octanol–water partition coefficient (Wildman–Crippen LogP) is 2.85. The van der Waals surface area contributed by atoms with Crippen molar-refractivity contribution in [2.75, 3.05) is 13.2 Å². The Labute approximate surface area is 123 Å². The molecule has 2 atom stereocenters. The Morgan fingerprint density at radius 1 is 1.45 bits per heavy atom. The fourth-order valence-corrected chi connectivity index (χ4v) is 4.27. The third-order valence-electron chi connectivity index (χ3n) is 4.00. The second-order valence-corrected chi connectivity index (χ2v) is 6.62. The van der Waals surface area contributed by atoms with Gasteiger partial charge in [0.1, 0.15) is 5.92 Å². The van der Waals surface area contributed by atoms with Crippen molar-refractivity contribution < 1.29 is 14.3 Å². The van der Waals surface area contributed by atoms with Gasteiger partial charge in [0.05, 0.1) is 23.4 Å². The number of hydrogen-bond acceptors (Lipinski definition) is 5. The van der Waals surface area contributed by atoms with Crippen LogP contribution in [0.5, 0.6) is 0 Å². The number of aromatic nitrogens is 1. The molecule has 5 heteroatoms. The molecule has 3 rings (SSSR count). The monoisotopic (exact) mass is 295 g/mol. The number of rotatable bonds is 4. The third-order valence-corrected chi connectivity index (χ3v) is 5.15. The summed E-state index contributed by atoms with van der Waals surface area (Å²) in [6.07, 6.45) is 6.48. The minimum atomic E-state index is -0.145. The van der Waals surface area contributed by atoms with E-state index in [2.05, 4.69) is 0 Å². The molecule has 2 heterocycles. The first-order chi connectivity index (χ1) is 9.78. The summed E-state index contributed by atoms with van der Waals surface area (Å²) in [6.45, 7) is 3.17. The molecule has 1 fully saturated rings. The second-order valence-electron chi connectivity index (χ2n) is 5.45. The average Bonchev–Trinajstić information content (AvgIpc) is 3.07. The van der Waals surface area contributed by atoms with E-state index in [1.54, 1.807) is 11.3 Å². The standard InChI is InChI=1S/C15H21NO3S/c1-2-18-15(17)11-6-3-7-12-14(11)16-13(20-12)9-10-5-4-8-19-10/h10-11H,2-9H2,1H3. The number of aryl methyl sites for hydroxylation is 1. The normalized spacial score (nSPS) is 25.4. The zero-order valence-corrected chi connectivity index (χ0v) is 12.7. The molecule has 0 N–H and O–H groups in total. The average molecular weight is 295 g/mol. The largest absolute Gasteiger partial charge is 0.465 e. The maximum Gasteiger partial charge on any atom is 0.315 e. The predicted molar refractivity (Wildman–Crippen MR) is 77.1 cm³/mol. The molecule has 1 aromatic heterocycles. The van der Waals surface area contributed by atoms with Crippen molar-refractivity contribution >= 4 is 17.3 Å². The maximum absolute atomic E-state index is 12.0. The van der Waals surface area contributed by atoms with Crippen LogP contribution in [-0.2, 0) is 27.1 Å². The van der Waals surface area contributed by atoms with Gasteiger partial charge in [-0.3, -0.25) is 4.79 Å². The van der Waals surface area contributed by atoms with E-state index < -0.39 is 0 Å². The summed E-state index contributed by atoms with van der Waals surface area (Å²) in [7, 11) is 0. The van der Waals surface area contributed by atoms with Gasteiger partial charge in [-0.25, -0.2) is 4.98 Å². The molecule has 20 heavy (non-hydrogen) atoms. The summed E-state index contributed by atoms with van der Waals surface area (Å²) in [4.78, 5) is 18.0.